The molecular weight excluding hydrogens is 365 g/mol. The van der Waals surface area contributed by atoms with E-state index in [9.17, 15) is 14.4 Å². The molecule has 0 bridgehead atoms. The first kappa shape index (κ1) is 13.8. The fourth-order valence-corrected chi connectivity index (χ4v) is 2.47. The van der Waals surface area contributed by atoms with Crippen LogP contribution in [0.5, 0.6) is 0 Å². The highest BCUT2D eigenvalue weighted by Crippen LogP contribution is 2.12. The number of amides is 1. The molecule has 0 fully saturated rings. The van der Waals surface area contributed by atoms with Crippen LogP contribution in [0.3, 0.4) is 0 Å². The highest BCUT2D eigenvalue weighted by Gasteiger charge is 2.18. The fourth-order valence-electron chi connectivity index (χ4n) is 1.83. The molecule has 2 aromatic rings. The summed E-state index contributed by atoms with van der Waals surface area (Å²) in [6, 6.07) is 0. The Morgan fingerprint density at radius 3 is 2.53 bits per heavy atom. The van der Waals surface area contributed by atoms with E-state index in [-0.39, 0.29) is 18.0 Å². The molecule has 0 radical (unpaired) electrons. The van der Waals surface area contributed by atoms with Gasteiger partial charge in [-0.05, 0) is 0 Å². The molecule has 0 aliphatic rings. The van der Waals surface area contributed by atoms with Crippen LogP contribution in [-0.2, 0) is 25.4 Å². The van der Waals surface area contributed by atoms with Crippen molar-refractivity contribution in [2.75, 3.05) is 7.05 Å². The van der Waals surface area contributed by atoms with Gasteiger partial charge in [-0.15, -0.1) is 0 Å². The van der Waals surface area contributed by atoms with Crippen molar-refractivity contribution in [1.82, 2.24) is 24.0 Å². The second-order valence-electron chi connectivity index (χ2n) is 4.02. The van der Waals surface area contributed by atoms with Crippen LogP contribution in [0.2, 0.25) is 0 Å². The number of carbonyl (C=O) groups is 1. The summed E-state index contributed by atoms with van der Waals surface area (Å²) in [5, 5.41) is 2.49. The monoisotopic (exact) mass is 377 g/mol. The highest BCUT2D eigenvalue weighted by molar-refractivity contribution is 14.1. The lowest BCUT2D eigenvalue weighted by molar-refractivity contribution is -0.121. The van der Waals surface area contributed by atoms with Crippen molar-refractivity contribution >= 4 is 39.7 Å². The Kier molecular flexibility index (Phi) is 3.47. The van der Waals surface area contributed by atoms with Gasteiger partial charge in [0.05, 0.1) is 0 Å². The molecule has 9 heteroatoms. The van der Waals surface area contributed by atoms with E-state index in [0.717, 1.165) is 4.57 Å². The van der Waals surface area contributed by atoms with Crippen molar-refractivity contribution in [3.63, 3.8) is 0 Å². The molecular formula is C10H12IN5O3. The molecule has 0 saturated carbocycles. The molecule has 0 spiro atoms. The van der Waals surface area contributed by atoms with Gasteiger partial charge in [-0.3, -0.25) is 23.3 Å². The summed E-state index contributed by atoms with van der Waals surface area (Å²) in [6.07, 6.45) is 0. The van der Waals surface area contributed by atoms with Crippen molar-refractivity contribution in [2.24, 2.45) is 14.1 Å². The number of rotatable bonds is 2. The van der Waals surface area contributed by atoms with Crippen LogP contribution in [0.15, 0.2) is 9.59 Å². The van der Waals surface area contributed by atoms with E-state index in [1.807, 2.05) is 22.6 Å². The molecule has 2 rings (SSSR count). The zero-order chi connectivity index (χ0) is 14.3. The molecule has 0 aromatic carbocycles. The molecule has 0 atom stereocenters. The number of aryl methyl sites for hydroxylation is 1. The van der Waals surface area contributed by atoms with Crippen LogP contribution in [0.4, 0.5) is 0 Å². The smallest absolute Gasteiger partial charge is 0.332 e. The van der Waals surface area contributed by atoms with E-state index in [4.69, 9.17) is 0 Å². The van der Waals surface area contributed by atoms with Gasteiger partial charge in [0.15, 0.2) is 15.0 Å². The Balaban J connectivity index is 2.87. The Morgan fingerprint density at radius 1 is 1.32 bits per heavy atom. The summed E-state index contributed by atoms with van der Waals surface area (Å²) in [4.78, 5) is 39.5. The summed E-state index contributed by atoms with van der Waals surface area (Å²) >= 11 is 1.93. The third kappa shape index (κ3) is 2.07. The summed E-state index contributed by atoms with van der Waals surface area (Å²) in [6.45, 7) is 0.00568. The average Bonchev–Trinajstić information content (AvgIpc) is 2.71. The minimum atomic E-state index is -0.466. The van der Waals surface area contributed by atoms with E-state index in [0.29, 0.717) is 9.48 Å². The SMILES string of the molecule is CNC(=O)Cn1c(I)nc2c(=O)n(C)c(=O)n(C)c21. The van der Waals surface area contributed by atoms with Gasteiger partial charge in [0.1, 0.15) is 6.54 Å². The number of likely N-dealkylation sites (N-methyl/N-ethyl adjacent to an activating group) is 1. The quantitative estimate of drug-likeness (QED) is 0.525. The van der Waals surface area contributed by atoms with E-state index in [1.54, 1.807) is 7.05 Å². The van der Waals surface area contributed by atoms with Crippen molar-refractivity contribution < 1.29 is 4.79 Å². The third-order valence-corrected chi connectivity index (χ3v) is 3.70. The van der Waals surface area contributed by atoms with Crippen LogP contribution >= 0.6 is 22.6 Å². The maximum atomic E-state index is 12.0. The molecule has 8 nitrogen and oxygen atoms in total. The number of fused-ring (bicyclic) bond motifs is 1. The molecule has 19 heavy (non-hydrogen) atoms. The zero-order valence-electron chi connectivity index (χ0n) is 10.6. The van der Waals surface area contributed by atoms with Crippen molar-refractivity contribution in [1.29, 1.82) is 0 Å². The Bertz CT molecular complexity index is 785. The van der Waals surface area contributed by atoms with Crippen molar-refractivity contribution in [3.05, 3.63) is 24.7 Å². The van der Waals surface area contributed by atoms with Gasteiger partial charge in [-0.25, -0.2) is 9.78 Å². The first-order chi connectivity index (χ1) is 8.88. The lowest BCUT2D eigenvalue weighted by Crippen LogP contribution is -2.37. The van der Waals surface area contributed by atoms with Gasteiger partial charge in [0, 0.05) is 43.7 Å². The van der Waals surface area contributed by atoms with Gasteiger partial charge in [0.25, 0.3) is 5.56 Å². The van der Waals surface area contributed by atoms with Gasteiger partial charge in [-0.1, -0.05) is 0 Å². The largest absolute Gasteiger partial charge is 0.358 e. The normalized spacial score (nSPS) is 10.9. The summed E-state index contributed by atoms with van der Waals surface area (Å²) in [5.74, 6) is -0.231. The average molecular weight is 377 g/mol. The number of nitrogens with zero attached hydrogens (tertiary/aromatic N) is 4. The topological polar surface area (TPSA) is 90.9 Å². The third-order valence-electron chi connectivity index (χ3n) is 2.87. The first-order valence-corrected chi connectivity index (χ1v) is 6.48. The molecule has 0 unspecified atom stereocenters. The van der Waals surface area contributed by atoms with Gasteiger partial charge in [0.2, 0.25) is 5.91 Å². The van der Waals surface area contributed by atoms with Gasteiger partial charge < -0.3 is 5.32 Å². The van der Waals surface area contributed by atoms with Crippen LogP contribution in [0.1, 0.15) is 0 Å². The molecule has 102 valence electrons. The maximum absolute atomic E-state index is 12.0. The van der Waals surface area contributed by atoms with Crippen LogP contribution in [0, 0.1) is 3.83 Å². The van der Waals surface area contributed by atoms with Crippen LogP contribution in [0.25, 0.3) is 11.2 Å². The number of hydrogen-bond acceptors (Lipinski definition) is 4. The molecule has 2 heterocycles. The van der Waals surface area contributed by atoms with Crippen LogP contribution in [-0.4, -0.2) is 31.6 Å². The summed E-state index contributed by atoms with van der Waals surface area (Å²) in [7, 11) is 4.46. The zero-order valence-corrected chi connectivity index (χ0v) is 12.8. The van der Waals surface area contributed by atoms with Crippen molar-refractivity contribution in [2.45, 2.75) is 6.54 Å². The van der Waals surface area contributed by atoms with E-state index in [1.165, 1.54) is 23.2 Å². The number of carbonyl (C=O) groups excluding carboxylic acids is 1. The number of hydrogen-bond donors (Lipinski definition) is 1. The summed E-state index contributed by atoms with van der Waals surface area (Å²) < 4.78 is 4.33. The molecule has 0 saturated heterocycles. The minimum Gasteiger partial charge on any atom is -0.358 e. The predicted octanol–water partition coefficient (Wildman–Crippen LogP) is -1.22. The second kappa shape index (κ2) is 4.79. The number of aromatic nitrogens is 4. The summed E-state index contributed by atoms with van der Waals surface area (Å²) in [5.41, 5.74) is -0.391. The highest BCUT2D eigenvalue weighted by atomic mass is 127. The Hall–Kier alpha value is -1.65. The molecule has 1 amide bonds. The van der Waals surface area contributed by atoms with E-state index >= 15 is 0 Å². The van der Waals surface area contributed by atoms with Crippen LogP contribution < -0.4 is 16.6 Å². The predicted molar refractivity (Wildman–Crippen MR) is 77.0 cm³/mol. The van der Waals surface area contributed by atoms with E-state index < -0.39 is 11.2 Å². The Morgan fingerprint density at radius 2 is 1.95 bits per heavy atom. The maximum Gasteiger partial charge on any atom is 0.332 e. The lowest BCUT2D eigenvalue weighted by Gasteiger charge is -2.08. The number of imidazole rings is 1. The van der Waals surface area contributed by atoms with Crippen molar-refractivity contribution in [3.8, 4) is 0 Å². The van der Waals surface area contributed by atoms with Gasteiger partial charge >= 0.3 is 5.69 Å². The van der Waals surface area contributed by atoms with E-state index in [2.05, 4.69) is 10.3 Å². The molecule has 1 N–H and O–H groups in total. The molecule has 2 aromatic heterocycles. The molecule has 0 aliphatic heterocycles. The van der Waals surface area contributed by atoms with Gasteiger partial charge in [-0.2, -0.15) is 0 Å². The Labute approximate surface area is 121 Å². The fraction of sp³-hybridized carbons (Fsp3) is 0.400. The standard InChI is InChI=1S/C10H12IN5O3/c1-12-5(17)4-16-7-6(13-9(16)11)8(18)15(3)10(19)14(7)2/h4H2,1-3H3,(H,12,17). The number of nitrogens with one attached hydrogen (secondary N) is 1. The lowest BCUT2D eigenvalue weighted by atomic mass is 10.5. The molecule has 0 aliphatic carbocycles. The number of halogens is 1. The minimum absolute atomic E-state index is 0.00568. The first-order valence-electron chi connectivity index (χ1n) is 5.40. The second-order valence-corrected chi connectivity index (χ2v) is 4.98.